The quantitative estimate of drug-likeness (QED) is 0.0222. The Morgan fingerprint density at radius 2 is 0.465 bits per heavy atom. The number of phosphoric ester groups is 2. The second-order valence-electron chi connectivity index (χ2n) is 30.2. The highest BCUT2D eigenvalue weighted by atomic mass is 31.2. The number of carbonyl (C=O) groups excluding carboxylic acids is 4. The Bertz CT molecular complexity index is 1920. The highest BCUT2D eigenvalue weighted by Gasteiger charge is 2.30. The zero-order chi connectivity index (χ0) is 73.0. The van der Waals surface area contributed by atoms with Crippen molar-refractivity contribution in [2.75, 3.05) is 39.6 Å². The third-order valence-corrected chi connectivity index (χ3v) is 20.5. The molecule has 5 atom stereocenters. The van der Waals surface area contributed by atoms with Crippen LogP contribution in [0.25, 0.3) is 0 Å². The Labute approximate surface area is 607 Å². The lowest BCUT2D eigenvalue weighted by Crippen LogP contribution is -2.30. The maximum Gasteiger partial charge on any atom is 0.472 e. The average molecular weight is 1450 g/mol. The lowest BCUT2D eigenvalue weighted by atomic mass is 10.0. The summed E-state index contributed by atoms with van der Waals surface area (Å²) in [7, 11) is -9.92. The van der Waals surface area contributed by atoms with Crippen LogP contribution in [-0.2, 0) is 65.4 Å². The third kappa shape index (κ3) is 74.1. The molecule has 19 heteroatoms. The Balaban J connectivity index is 5.26. The number of esters is 4. The van der Waals surface area contributed by atoms with Crippen LogP contribution in [0.3, 0.4) is 0 Å². The van der Waals surface area contributed by atoms with E-state index in [0.29, 0.717) is 25.7 Å². The summed E-state index contributed by atoms with van der Waals surface area (Å²) in [4.78, 5) is 73.0. The standard InChI is InChI=1S/C80H156O17P2/c1-8-9-10-11-12-13-14-15-20-27-34-42-49-56-63-79(84)97-76(68-91-78(83)62-55-48-41-36-29-32-39-46-53-60-73(6)7)70-95-99(88,89)93-66-74(81)65-92-98(86,87)94-69-75(67-90-77(82)61-54-47-40-33-26-23-22-25-31-38-45-52-59-72(4)5)96-80(85)64-57-50-43-35-28-21-18-16-17-19-24-30-37-44-51-58-71(2)3/h71-76,81H,8-70H2,1-7H3,(H,86,87)(H,88,89)/t74-,75-,76-/m1/s1. The first-order valence-electron chi connectivity index (χ1n) is 41.3. The van der Waals surface area contributed by atoms with Crippen molar-refractivity contribution in [1.82, 2.24) is 0 Å². The highest BCUT2D eigenvalue weighted by molar-refractivity contribution is 7.47. The molecule has 0 saturated carbocycles. The van der Waals surface area contributed by atoms with Gasteiger partial charge in [-0.3, -0.25) is 37.3 Å². The number of unbranched alkanes of at least 4 members (excludes halogenated alkanes) is 46. The minimum Gasteiger partial charge on any atom is -0.462 e. The maximum atomic E-state index is 13.1. The van der Waals surface area contributed by atoms with Crippen molar-refractivity contribution in [1.29, 1.82) is 0 Å². The van der Waals surface area contributed by atoms with Crippen molar-refractivity contribution in [3.8, 4) is 0 Å². The van der Waals surface area contributed by atoms with Gasteiger partial charge in [0.25, 0.3) is 0 Å². The van der Waals surface area contributed by atoms with Crippen LogP contribution in [0.5, 0.6) is 0 Å². The summed E-state index contributed by atoms with van der Waals surface area (Å²) in [6.07, 6.45) is 58.1. The van der Waals surface area contributed by atoms with Gasteiger partial charge in [-0.15, -0.1) is 0 Å². The number of aliphatic hydroxyl groups excluding tert-OH is 1. The van der Waals surface area contributed by atoms with Crippen molar-refractivity contribution in [3.63, 3.8) is 0 Å². The summed E-state index contributed by atoms with van der Waals surface area (Å²) in [5.74, 6) is 0.218. The van der Waals surface area contributed by atoms with Crippen LogP contribution in [-0.4, -0.2) is 96.7 Å². The maximum absolute atomic E-state index is 13.1. The van der Waals surface area contributed by atoms with Gasteiger partial charge < -0.3 is 33.8 Å². The molecule has 3 N–H and O–H groups in total. The van der Waals surface area contributed by atoms with Gasteiger partial charge >= 0.3 is 39.5 Å². The van der Waals surface area contributed by atoms with Crippen LogP contribution in [0.4, 0.5) is 0 Å². The molecule has 0 fully saturated rings. The molecular formula is C80H156O17P2. The normalized spacial score (nSPS) is 14.0. The molecule has 0 radical (unpaired) electrons. The van der Waals surface area contributed by atoms with Gasteiger partial charge in [0.15, 0.2) is 12.2 Å². The first-order valence-corrected chi connectivity index (χ1v) is 44.3. The Hall–Kier alpha value is -1.94. The Morgan fingerprint density at radius 3 is 0.687 bits per heavy atom. The molecule has 2 unspecified atom stereocenters. The van der Waals surface area contributed by atoms with E-state index in [-0.39, 0.29) is 25.7 Å². The fraction of sp³-hybridized carbons (Fsp3) is 0.950. The summed E-state index contributed by atoms with van der Waals surface area (Å²) in [5, 5.41) is 10.6. The SMILES string of the molecule is CCCCCCCCCCCCCCCCC(=O)O[C@H](COC(=O)CCCCCCCCCCCC(C)C)COP(=O)(O)OC[C@H](O)COP(=O)(O)OC[C@@H](COC(=O)CCCCCCCCCCCCCCC(C)C)OC(=O)CCCCCCCCCCCCCCCCCC(C)C. The van der Waals surface area contributed by atoms with Crippen molar-refractivity contribution in [2.45, 2.75) is 433 Å². The van der Waals surface area contributed by atoms with Crippen LogP contribution in [0.2, 0.25) is 0 Å². The molecule has 0 saturated heterocycles. The van der Waals surface area contributed by atoms with E-state index in [1.165, 1.54) is 225 Å². The van der Waals surface area contributed by atoms with Gasteiger partial charge in [0.05, 0.1) is 26.4 Å². The Kier molecular flexibility index (Phi) is 69.0. The lowest BCUT2D eigenvalue weighted by molar-refractivity contribution is -0.161. The number of ether oxygens (including phenoxy) is 4. The second-order valence-corrected chi connectivity index (χ2v) is 33.1. The number of aliphatic hydroxyl groups is 1. The predicted molar refractivity (Wildman–Crippen MR) is 405 cm³/mol. The highest BCUT2D eigenvalue weighted by Crippen LogP contribution is 2.45. The minimum atomic E-state index is -4.96. The largest absolute Gasteiger partial charge is 0.472 e. The topological polar surface area (TPSA) is 237 Å². The molecule has 0 aromatic heterocycles. The van der Waals surface area contributed by atoms with Crippen molar-refractivity contribution < 1.29 is 80.2 Å². The number of rotatable bonds is 78. The molecular weight excluding hydrogens is 1290 g/mol. The van der Waals surface area contributed by atoms with E-state index in [0.717, 1.165) is 108 Å². The first kappa shape index (κ1) is 97.1. The van der Waals surface area contributed by atoms with Gasteiger partial charge in [-0.1, -0.05) is 363 Å². The van der Waals surface area contributed by atoms with Crippen molar-refractivity contribution >= 4 is 39.5 Å². The van der Waals surface area contributed by atoms with E-state index in [1.54, 1.807) is 0 Å². The number of carbonyl (C=O) groups is 4. The fourth-order valence-electron chi connectivity index (χ4n) is 12.3. The first-order chi connectivity index (χ1) is 47.7. The molecule has 0 heterocycles. The van der Waals surface area contributed by atoms with Gasteiger partial charge in [-0.2, -0.15) is 0 Å². The monoisotopic (exact) mass is 1450 g/mol. The molecule has 0 aliphatic rings. The fourth-order valence-corrected chi connectivity index (χ4v) is 13.9. The Morgan fingerprint density at radius 1 is 0.273 bits per heavy atom. The van der Waals surface area contributed by atoms with Crippen LogP contribution in [0, 0.1) is 17.8 Å². The van der Waals surface area contributed by atoms with Crippen LogP contribution in [0.1, 0.15) is 414 Å². The number of hydrogen-bond donors (Lipinski definition) is 3. The van der Waals surface area contributed by atoms with E-state index in [9.17, 15) is 43.2 Å². The van der Waals surface area contributed by atoms with Gasteiger partial charge in [0, 0.05) is 25.7 Å². The van der Waals surface area contributed by atoms with Crippen LogP contribution in [0.15, 0.2) is 0 Å². The molecule has 0 aliphatic heterocycles. The molecule has 588 valence electrons. The minimum absolute atomic E-state index is 0.107. The second kappa shape index (κ2) is 70.4. The van der Waals surface area contributed by atoms with E-state index in [2.05, 4.69) is 48.5 Å². The van der Waals surface area contributed by atoms with Gasteiger partial charge in [0.2, 0.25) is 0 Å². The number of hydrogen-bond acceptors (Lipinski definition) is 15. The third-order valence-electron chi connectivity index (χ3n) is 18.6. The number of phosphoric acid groups is 2. The van der Waals surface area contributed by atoms with Crippen molar-refractivity contribution in [3.05, 3.63) is 0 Å². The van der Waals surface area contributed by atoms with E-state index < -0.39 is 97.5 Å². The summed E-state index contributed by atoms with van der Waals surface area (Å²) in [6.45, 7) is 12.0. The van der Waals surface area contributed by atoms with Crippen molar-refractivity contribution in [2.24, 2.45) is 17.8 Å². The molecule has 0 amide bonds. The molecule has 0 aromatic rings. The molecule has 0 bridgehead atoms. The molecule has 17 nitrogen and oxygen atoms in total. The molecule has 99 heavy (non-hydrogen) atoms. The van der Waals surface area contributed by atoms with Crippen LogP contribution < -0.4 is 0 Å². The van der Waals surface area contributed by atoms with E-state index >= 15 is 0 Å². The van der Waals surface area contributed by atoms with Gasteiger partial charge in [-0.05, 0) is 43.4 Å². The molecule has 0 aliphatic carbocycles. The smallest absolute Gasteiger partial charge is 0.462 e. The van der Waals surface area contributed by atoms with Gasteiger partial charge in [-0.25, -0.2) is 9.13 Å². The summed E-state index contributed by atoms with van der Waals surface area (Å²) < 4.78 is 68.7. The van der Waals surface area contributed by atoms with E-state index in [4.69, 9.17) is 37.0 Å². The zero-order valence-corrected chi connectivity index (χ0v) is 66.8. The average Bonchev–Trinajstić information content (AvgIpc) is 1.71. The lowest BCUT2D eigenvalue weighted by Gasteiger charge is -2.21. The van der Waals surface area contributed by atoms with Crippen LogP contribution >= 0.6 is 15.6 Å². The summed E-state index contributed by atoms with van der Waals surface area (Å²) >= 11 is 0. The summed E-state index contributed by atoms with van der Waals surface area (Å²) in [6, 6.07) is 0. The predicted octanol–water partition coefficient (Wildman–Crippen LogP) is 23.7. The molecule has 0 aromatic carbocycles. The van der Waals surface area contributed by atoms with Gasteiger partial charge in [0.1, 0.15) is 19.3 Å². The molecule has 0 spiro atoms. The summed E-state index contributed by atoms with van der Waals surface area (Å²) in [5.41, 5.74) is 0. The van der Waals surface area contributed by atoms with E-state index in [1.807, 2.05) is 0 Å². The zero-order valence-electron chi connectivity index (χ0n) is 65.0. The molecule has 0 rings (SSSR count).